The molecule has 1 fully saturated rings. The van der Waals surface area contributed by atoms with Gasteiger partial charge in [-0.3, -0.25) is 14.5 Å². The lowest BCUT2D eigenvalue weighted by Gasteiger charge is -2.34. The molecule has 0 bridgehead atoms. The van der Waals surface area contributed by atoms with Gasteiger partial charge in [0.1, 0.15) is 0 Å². The first-order chi connectivity index (χ1) is 10.7. The molecule has 1 aliphatic rings. The van der Waals surface area contributed by atoms with Crippen molar-refractivity contribution in [3.63, 3.8) is 0 Å². The predicted octanol–water partition coefficient (Wildman–Crippen LogP) is 1.34. The van der Waals surface area contributed by atoms with Crippen molar-refractivity contribution in [1.29, 1.82) is 0 Å². The van der Waals surface area contributed by atoms with Gasteiger partial charge in [0.2, 0.25) is 11.8 Å². The van der Waals surface area contributed by atoms with Crippen LogP contribution in [0, 0.1) is 0 Å². The summed E-state index contributed by atoms with van der Waals surface area (Å²) in [4.78, 5) is 27.1. The Morgan fingerprint density at radius 2 is 2.27 bits per heavy atom. The van der Waals surface area contributed by atoms with Crippen LogP contribution in [0.3, 0.4) is 0 Å². The molecule has 0 saturated carbocycles. The first-order valence-corrected chi connectivity index (χ1v) is 8.19. The summed E-state index contributed by atoms with van der Waals surface area (Å²) in [7, 11) is 1.60. The predicted molar refractivity (Wildman–Crippen MR) is 87.7 cm³/mol. The number of hydrogen-bond donors (Lipinski definition) is 2. The van der Waals surface area contributed by atoms with Gasteiger partial charge >= 0.3 is 0 Å². The highest BCUT2D eigenvalue weighted by Crippen LogP contribution is 2.27. The van der Waals surface area contributed by atoms with Crippen molar-refractivity contribution in [2.24, 2.45) is 0 Å². The quantitative estimate of drug-likeness (QED) is 0.894. The molecule has 1 unspecified atom stereocenters. The van der Waals surface area contributed by atoms with Crippen LogP contribution < -0.4 is 10.6 Å². The SMILES string of the molecule is CNC(=O)CC1C(=O)NCCN1Cc1cc2ccccc2s1. The maximum Gasteiger partial charge on any atom is 0.237 e. The maximum absolute atomic E-state index is 12.1. The van der Waals surface area contributed by atoms with Crippen molar-refractivity contribution in [2.75, 3.05) is 20.1 Å². The Balaban J connectivity index is 1.78. The number of hydrogen-bond acceptors (Lipinski definition) is 4. The van der Waals surface area contributed by atoms with Crippen LogP contribution in [0.5, 0.6) is 0 Å². The number of thiophene rings is 1. The highest BCUT2D eigenvalue weighted by molar-refractivity contribution is 7.19. The molecule has 1 atom stereocenters. The van der Waals surface area contributed by atoms with Crippen LogP contribution in [0.4, 0.5) is 0 Å². The molecule has 0 aliphatic carbocycles. The fourth-order valence-electron chi connectivity index (χ4n) is 2.77. The average molecular weight is 317 g/mol. The van der Waals surface area contributed by atoms with Crippen LogP contribution in [-0.4, -0.2) is 42.9 Å². The number of piperazine rings is 1. The zero-order valence-corrected chi connectivity index (χ0v) is 13.3. The summed E-state index contributed by atoms with van der Waals surface area (Å²) in [6.45, 7) is 2.10. The van der Waals surface area contributed by atoms with Crippen molar-refractivity contribution in [2.45, 2.75) is 19.0 Å². The van der Waals surface area contributed by atoms with Crippen molar-refractivity contribution < 1.29 is 9.59 Å². The molecule has 2 aromatic rings. The minimum Gasteiger partial charge on any atom is -0.359 e. The zero-order valence-electron chi connectivity index (χ0n) is 12.5. The smallest absolute Gasteiger partial charge is 0.237 e. The lowest BCUT2D eigenvalue weighted by Crippen LogP contribution is -2.55. The van der Waals surface area contributed by atoms with E-state index in [0.717, 1.165) is 6.54 Å². The molecular weight excluding hydrogens is 298 g/mol. The van der Waals surface area contributed by atoms with E-state index in [0.29, 0.717) is 13.1 Å². The van der Waals surface area contributed by atoms with Crippen molar-refractivity contribution in [1.82, 2.24) is 15.5 Å². The first-order valence-electron chi connectivity index (χ1n) is 7.37. The third-order valence-electron chi connectivity index (χ3n) is 3.93. The number of nitrogens with one attached hydrogen (secondary N) is 2. The normalized spacial score (nSPS) is 19.1. The molecule has 0 spiro atoms. The Morgan fingerprint density at radius 1 is 1.45 bits per heavy atom. The van der Waals surface area contributed by atoms with E-state index in [1.807, 2.05) is 12.1 Å². The minimum atomic E-state index is -0.390. The molecule has 1 aromatic carbocycles. The molecule has 1 aliphatic heterocycles. The van der Waals surface area contributed by atoms with Crippen LogP contribution >= 0.6 is 11.3 Å². The molecule has 116 valence electrons. The molecule has 22 heavy (non-hydrogen) atoms. The van der Waals surface area contributed by atoms with Crippen molar-refractivity contribution in [3.8, 4) is 0 Å². The van der Waals surface area contributed by atoms with E-state index in [2.05, 4.69) is 33.7 Å². The fraction of sp³-hybridized carbons (Fsp3) is 0.375. The zero-order chi connectivity index (χ0) is 15.5. The Bertz CT molecular complexity index is 665. The van der Waals surface area contributed by atoms with Crippen LogP contribution in [-0.2, 0) is 16.1 Å². The van der Waals surface area contributed by atoms with Crippen LogP contribution in [0.1, 0.15) is 11.3 Å². The van der Waals surface area contributed by atoms with Crippen molar-refractivity contribution in [3.05, 3.63) is 35.2 Å². The average Bonchev–Trinajstić information content (AvgIpc) is 2.92. The van der Waals surface area contributed by atoms with E-state index < -0.39 is 0 Å². The van der Waals surface area contributed by atoms with E-state index in [1.54, 1.807) is 18.4 Å². The topological polar surface area (TPSA) is 61.4 Å². The van der Waals surface area contributed by atoms with E-state index in [-0.39, 0.29) is 24.3 Å². The van der Waals surface area contributed by atoms with Crippen molar-refractivity contribution >= 4 is 33.2 Å². The number of benzene rings is 1. The van der Waals surface area contributed by atoms with Gasteiger partial charge in [-0.1, -0.05) is 18.2 Å². The van der Waals surface area contributed by atoms with E-state index in [9.17, 15) is 9.59 Å². The molecule has 0 radical (unpaired) electrons. The van der Waals surface area contributed by atoms with Gasteiger partial charge in [-0.05, 0) is 17.5 Å². The lowest BCUT2D eigenvalue weighted by molar-refractivity contribution is -0.134. The second-order valence-corrected chi connectivity index (χ2v) is 6.57. The summed E-state index contributed by atoms with van der Waals surface area (Å²) in [5.41, 5.74) is 0. The van der Waals surface area contributed by atoms with Gasteiger partial charge in [-0.25, -0.2) is 0 Å². The summed E-state index contributed by atoms with van der Waals surface area (Å²) in [5, 5.41) is 6.67. The number of fused-ring (bicyclic) bond motifs is 1. The molecular formula is C16H19N3O2S. The number of carbonyl (C=O) groups excluding carboxylic acids is 2. The Labute approximate surface area is 133 Å². The monoisotopic (exact) mass is 317 g/mol. The Kier molecular flexibility index (Phi) is 4.40. The van der Waals surface area contributed by atoms with Crippen LogP contribution in [0.25, 0.3) is 10.1 Å². The van der Waals surface area contributed by atoms with Gasteiger partial charge in [0, 0.05) is 36.3 Å². The van der Waals surface area contributed by atoms with E-state index in [4.69, 9.17) is 0 Å². The summed E-state index contributed by atoms with van der Waals surface area (Å²) in [5.74, 6) is -0.167. The molecule has 6 heteroatoms. The summed E-state index contributed by atoms with van der Waals surface area (Å²) in [6, 6.07) is 10.0. The molecule has 3 rings (SSSR count). The molecule has 1 aromatic heterocycles. The van der Waals surface area contributed by atoms with Gasteiger partial charge in [-0.15, -0.1) is 11.3 Å². The van der Waals surface area contributed by atoms with Gasteiger partial charge < -0.3 is 10.6 Å². The highest BCUT2D eigenvalue weighted by Gasteiger charge is 2.31. The second-order valence-electron chi connectivity index (χ2n) is 5.41. The van der Waals surface area contributed by atoms with Gasteiger partial charge in [0.25, 0.3) is 0 Å². The number of nitrogens with zero attached hydrogens (tertiary/aromatic N) is 1. The largest absolute Gasteiger partial charge is 0.359 e. The summed E-state index contributed by atoms with van der Waals surface area (Å²) in [6.07, 6.45) is 0.202. The van der Waals surface area contributed by atoms with Crippen LogP contribution in [0.2, 0.25) is 0 Å². The molecule has 5 nitrogen and oxygen atoms in total. The molecule has 2 amide bonds. The number of rotatable bonds is 4. The Hall–Kier alpha value is -1.92. The first kappa shape index (κ1) is 15.0. The number of carbonyl (C=O) groups is 2. The van der Waals surface area contributed by atoms with Crippen LogP contribution in [0.15, 0.2) is 30.3 Å². The number of amides is 2. The van der Waals surface area contributed by atoms with E-state index in [1.165, 1.54) is 15.0 Å². The van der Waals surface area contributed by atoms with Gasteiger partial charge in [0.15, 0.2) is 0 Å². The summed E-state index contributed by atoms with van der Waals surface area (Å²) >= 11 is 1.74. The van der Waals surface area contributed by atoms with Gasteiger partial charge in [0.05, 0.1) is 12.5 Å². The Morgan fingerprint density at radius 3 is 3.05 bits per heavy atom. The molecule has 1 saturated heterocycles. The molecule has 2 heterocycles. The lowest BCUT2D eigenvalue weighted by atomic mass is 10.1. The standard InChI is InChI=1S/C16H19N3O2S/c1-17-15(20)9-13-16(21)18-6-7-19(13)10-12-8-11-4-2-3-5-14(11)22-12/h2-5,8,13H,6-7,9-10H2,1H3,(H,17,20)(H,18,21). The second kappa shape index (κ2) is 6.46. The maximum atomic E-state index is 12.1. The van der Waals surface area contributed by atoms with E-state index >= 15 is 0 Å². The third-order valence-corrected chi connectivity index (χ3v) is 5.04. The third kappa shape index (κ3) is 3.13. The molecule has 2 N–H and O–H groups in total. The van der Waals surface area contributed by atoms with Gasteiger partial charge in [-0.2, -0.15) is 0 Å². The fourth-order valence-corrected chi connectivity index (χ4v) is 3.86. The minimum absolute atomic E-state index is 0.0593. The highest BCUT2D eigenvalue weighted by atomic mass is 32.1. The summed E-state index contributed by atoms with van der Waals surface area (Å²) < 4.78 is 1.25.